The summed E-state index contributed by atoms with van der Waals surface area (Å²) >= 11 is 1.40. The average molecular weight is 376 g/mol. The molecule has 0 aromatic carbocycles. The number of piperidine rings is 1. The Bertz CT molecular complexity index is 695. The number of nitrogens with zero attached hydrogens (tertiary/aromatic N) is 3. The first-order valence-corrected chi connectivity index (χ1v) is 9.71. The number of nitrogens with one attached hydrogen (secondary N) is 1. The van der Waals surface area contributed by atoms with Gasteiger partial charge in [0.1, 0.15) is 5.76 Å². The number of carbonyl (C=O) groups is 1. The van der Waals surface area contributed by atoms with E-state index in [4.69, 9.17) is 9.52 Å². The highest BCUT2D eigenvalue weighted by Crippen LogP contribution is 2.27. The molecular formula is C18H24N4O3S. The maximum Gasteiger partial charge on any atom is 0.224 e. The Kier molecular flexibility index (Phi) is 7.04. The van der Waals surface area contributed by atoms with Crippen LogP contribution in [0.3, 0.4) is 0 Å². The van der Waals surface area contributed by atoms with Gasteiger partial charge in [0.15, 0.2) is 10.2 Å². The lowest BCUT2D eigenvalue weighted by molar-refractivity contribution is -0.126. The molecule has 3 rings (SSSR count). The molecule has 0 radical (unpaired) electrons. The molecule has 1 aliphatic rings. The second-order valence-corrected chi connectivity index (χ2v) is 7.27. The Morgan fingerprint density at radius 2 is 2.23 bits per heavy atom. The first-order chi connectivity index (χ1) is 12.7. The average Bonchev–Trinajstić information content (AvgIpc) is 3.09. The van der Waals surface area contributed by atoms with E-state index >= 15 is 0 Å². The summed E-state index contributed by atoms with van der Waals surface area (Å²) in [6.07, 6.45) is 5.92. The maximum absolute atomic E-state index is 12.2. The van der Waals surface area contributed by atoms with Crippen LogP contribution in [0, 0.1) is 5.92 Å². The van der Waals surface area contributed by atoms with Gasteiger partial charge in [-0.1, -0.05) is 0 Å². The van der Waals surface area contributed by atoms with E-state index in [1.165, 1.54) is 11.8 Å². The topological polar surface area (TPSA) is 91.5 Å². The molecule has 3 heterocycles. The first kappa shape index (κ1) is 18.9. The van der Waals surface area contributed by atoms with Crippen LogP contribution in [0.2, 0.25) is 0 Å². The summed E-state index contributed by atoms with van der Waals surface area (Å²) in [4.78, 5) is 22.8. The third-order valence-corrected chi connectivity index (χ3v) is 5.07. The Balaban J connectivity index is 1.50. The predicted molar refractivity (Wildman–Crippen MR) is 97.6 cm³/mol. The van der Waals surface area contributed by atoms with E-state index < -0.39 is 0 Å². The minimum Gasteiger partial charge on any atom is -0.453 e. The molecule has 7 nitrogen and oxygen atoms in total. The van der Waals surface area contributed by atoms with Crippen molar-refractivity contribution in [3.63, 3.8) is 0 Å². The molecule has 140 valence electrons. The van der Waals surface area contributed by atoms with Crippen molar-refractivity contribution in [3.05, 3.63) is 36.4 Å². The van der Waals surface area contributed by atoms with Crippen LogP contribution in [0.1, 0.15) is 25.0 Å². The maximum atomic E-state index is 12.2. The number of carbonyl (C=O) groups excluding carboxylic acids is 1. The van der Waals surface area contributed by atoms with Gasteiger partial charge in [-0.15, -0.1) is 0 Å². The van der Waals surface area contributed by atoms with E-state index in [0.717, 1.165) is 36.8 Å². The molecule has 1 saturated heterocycles. The summed E-state index contributed by atoms with van der Waals surface area (Å²) < 4.78 is 5.88. The molecule has 0 aliphatic carbocycles. The van der Waals surface area contributed by atoms with Crippen molar-refractivity contribution in [1.29, 1.82) is 0 Å². The van der Waals surface area contributed by atoms with Crippen LogP contribution < -0.4 is 5.32 Å². The third kappa shape index (κ3) is 5.55. The van der Waals surface area contributed by atoms with E-state index in [9.17, 15) is 4.79 Å². The van der Waals surface area contributed by atoms with E-state index in [-0.39, 0.29) is 18.4 Å². The highest BCUT2D eigenvalue weighted by Gasteiger charge is 2.26. The summed E-state index contributed by atoms with van der Waals surface area (Å²) in [5.74, 6) is 0.966. The lowest BCUT2D eigenvalue weighted by Gasteiger charge is -2.31. The Labute approximate surface area is 157 Å². The molecular weight excluding hydrogens is 352 g/mol. The number of furan rings is 1. The van der Waals surface area contributed by atoms with Crippen molar-refractivity contribution in [2.75, 3.05) is 26.2 Å². The van der Waals surface area contributed by atoms with Crippen molar-refractivity contribution >= 4 is 17.7 Å². The van der Waals surface area contributed by atoms with Crippen LogP contribution in [0.15, 0.2) is 45.3 Å². The minimum atomic E-state index is 0.00368. The van der Waals surface area contributed by atoms with Crippen molar-refractivity contribution in [1.82, 2.24) is 20.2 Å². The highest BCUT2D eigenvalue weighted by atomic mass is 32.2. The third-order valence-electron chi connectivity index (χ3n) is 4.26. The number of aromatic nitrogens is 2. The van der Waals surface area contributed by atoms with Gasteiger partial charge in [-0.25, -0.2) is 9.97 Å². The van der Waals surface area contributed by atoms with Gasteiger partial charge in [0.25, 0.3) is 0 Å². The van der Waals surface area contributed by atoms with Gasteiger partial charge in [-0.2, -0.15) is 0 Å². The number of amides is 1. The Hall–Kier alpha value is -1.90. The number of hydrogen-bond donors (Lipinski definition) is 2. The molecule has 2 aromatic rings. The van der Waals surface area contributed by atoms with Gasteiger partial charge in [0.2, 0.25) is 5.91 Å². The van der Waals surface area contributed by atoms with Gasteiger partial charge in [-0.3, -0.25) is 9.69 Å². The summed E-state index contributed by atoms with van der Waals surface area (Å²) in [7, 11) is 0. The fourth-order valence-corrected chi connectivity index (χ4v) is 3.69. The van der Waals surface area contributed by atoms with Crippen LogP contribution >= 0.6 is 11.8 Å². The van der Waals surface area contributed by atoms with Gasteiger partial charge < -0.3 is 14.8 Å². The number of hydrogen-bond acceptors (Lipinski definition) is 7. The molecule has 0 unspecified atom stereocenters. The number of likely N-dealkylation sites (tertiary alicyclic amines) is 1. The van der Waals surface area contributed by atoms with E-state index in [1.54, 1.807) is 18.5 Å². The fraction of sp³-hybridized carbons (Fsp3) is 0.500. The van der Waals surface area contributed by atoms with Gasteiger partial charge >= 0.3 is 0 Å². The number of aliphatic hydroxyl groups excluding tert-OH is 1. The van der Waals surface area contributed by atoms with Gasteiger partial charge in [0, 0.05) is 32.1 Å². The molecule has 0 bridgehead atoms. The van der Waals surface area contributed by atoms with Crippen LogP contribution in [-0.4, -0.2) is 52.1 Å². The molecule has 8 heteroatoms. The standard InChI is InChI=1S/C18H24N4O3S/c23-11-3-9-19-17(24)14-4-1-10-22(12-14)13-15-5-6-16(25-15)26-18-20-7-2-8-21-18/h2,5-8,14,23H,1,3-4,9-13H2,(H,19,24)/t14-/m1/s1. The van der Waals surface area contributed by atoms with E-state index in [0.29, 0.717) is 24.7 Å². The Morgan fingerprint density at radius 3 is 3.04 bits per heavy atom. The zero-order valence-corrected chi connectivity index (χ0v) is 15.5. The molecule has 1 aliphatic heterocycles. The molecule has 0 saturated carbocycles. The second-order valence-electron chi connectivity index (χ2n) is 6.30. The van der Waals surface area contributed by atoms with Crippen molar-refractivity contribution in [3.8, 4) is 0 Å². The molecule has 26 heavy (non-hydrogen) atoms. The summed E-state index contributed by atoms with van der Waals surface area (Å²) in [6.45, 7) is 3.02. The van der Waals surface area contributed by atoms with Crippen LogP contribution in [-0.2, 0) is 11.3 Å². The molecule has 1 fully saturated rings. The minimum absolute atomic E-state index is 0.00368. The normalized spacial score (nSPS) is 18.0. The Morgan fingerprint density at radius 1 is 1.38 bits per heavy atom. The number of rotatable bonds is 8. The lowest BCUT2D eigenvalue weighted by atomic mass is 9.97. The number of aliphatic hydroxyl groups is 1. The van der Waals surface area contributed by atoms with E-state index in [2.05, 4.69) is 20.2 Å². The van der Waals surface area contributed by atoms with Crippen LogP contribution in [0.5, 0.6) is 0 Å². The van der Waals surface area contributed by atoms with Crippen LogP contribution in [0.4, 0.5) is 0 Å². The zero-order valence-electron chi connectivity index (χ0n) is 14.6. The highest BCUT2D eigenvalue weighted by molar-refractivity contribution is 7.99. The monoisotopic (exact) mass is 376 g/mol. The SMILES string of the molecule is O=C(NCCCO)[C@@H]1CCCN(Cc2ccc(Sc3ncccn3)o2)C1. The summed E-state index contributed by atoms with van der Waals surface area (Å²) in [6, 6.07) is 5.68. The second kappa shape index (κ2) is 9.70. The summed E-state index contributed by atoms with van der Waals surface area (Å²) in [5, 5.41) is 13.1. The predicted octanol–water partition coefficient (Wildman–Crippen LogP) is 1.93. The smallest absolute Gasteiger partial charge is 0.224 e. The molecule has 0 spiro atoms. The van der Waals surface area contributed by atoms with Crippen molar-refractivity contribution in [2.45, 2.75) is 36.1 Å². The molecule has 1 atom stereocenters. The molecule has 2 aromatic heterocycles. The van der Waals surface area contributed by atoms with Crippen molar-refractivity contribution in [2.24, 2.45) is 5.92 Å². The lowest BCUT2D eigenvalue weighted by Crippen LogP contribution is -2.42. The fourth-order valence-electron chi connectivity index (χ4n) is 2.99. The van der Waals surface area contributed by atoms with Gasteiger partial charge in [0.05, 0.1) is 12.5 Å². The van der Waals surface area contributed by atoms with E-state index in [1.807, 2.05) is 12.1 Å². The van der Waals surface area contributed by atoms with Crippen molar-refractivity contribution < 1.29 is 14.3 Å². The zero-order chi connectivity index (χ0) is 18.2. The molecule has 2 N–H and O–H groups in total. The quantitative estimate of drug-likeness (QED) is 0.537. The van der Waals surface area contributed by atoms with Crippen LogP contribution in [0.25, 0.3) is 0 Å². The summed E-state index contributed by atoms with van der Waals surface area (Å²) in [5.41, 5.74) is 0. The largest absolute Gasteiger partial charge is 0.453 e. The van der Waals surface area contributed by atoms with Gasteiger partial charge in [-0.05, 0) is 55.8 Å². The first-order valence-electron chi connectivity index (χ1n) is 8.89. The molecule has 1 amide bonds.